The lowest BCUT2D eigenvalue weighted by atomic mass is 9.81. The maximum atomic E-state index is 13.2. The summed E-state index contributed by atoms with van der Waals surface area (Å²) < 4.78 is 25.0. The fourth-order valence-electron chi connectivity index (χ4n) is 3.71. The highest BCUT2D eigenvalue weighted by molar-refractivity contribution is 7.08. The maximum absolute atomic E-state index is 13.2. The molecule has 7 heteroatoms. The summed E-state index contributed by atoms with van der Waals surface area (Å²) in [6.45, 7) is 4.28. The lowest BCUT2D eigenvalue weighted by molar-refractivity contribution is -0.166. The van der Waals surface area contributed by atoms with Gasteiger partial charge in [-0.05, 0) is 72.9 Å². The zero-order valence-electron chi connectivity index (χ0n) is 17.2. The topological polar surface area (TPSA) is 67.8 Å². The molecule has 30 heavy (non-hydrogen) atoms. The van der Waals surface area contributed by atoms with Crippen molar-refractivity contribution in [3.8, 4) is 0 Å². The molecule has 2 N–H and O–H groups in total. The molecule has 5 nitrogen and oxygen atoms in total. The summed E-state index contributed by atoms with van der Waals surface area (Å²) in [6, 6.07) is 7.79. The maximum Gasteiger partial charge on any atom is 0.286 e. The molecule has 0 radical (unpaired) electrons. The van der Waals surface area contributed by atoms with E-state index in [1.165, 1.54) is 12.1 Å². The Bertz CT molecular complexity index is 837. The molecule has 0 unspecified atom stereocenters. The standard InChI is InChI=1S/C23H28FNO4S/c1-3-28-23-19(5-4-11-26)20(17-10-12-30-14-17)13-21(29-23)22(27)25-15(2)16-6-8-18(24)9-7-16/h6-10,12-15,19-20,23,26H,3-5,11H2,1-2H3,(H,25,27)/t15-,19-,20+,23+/m1/s1. The van der Waals surface area contributed by atoms with E-state index in [0.29, 0.717) is 13.0 Å². The Morgan fingerprint density at radius 3 is 2.73 bits per heavy atom. The Kier molecular flexibility index (Phi) is 8.01. The number of carbonyl (C=O) groups is 1. The van der Waals surface area contributed by atoms with Gasteiger partial charge in [-0.15, -0.1) is 0 Å². The number of benzene rings is 1. The van der Waals surface area contributed by atoms with Gasteiger partial charge >= 0.3 is 0 Å². The van der Waals surface area contributed by atoms with Gasteiger partial charge in [0.05, 0.1) is 6.04 Å². The molecule has 1 aliphatic rings. The van der Waals surface area contributed by atoms with E-state index in [1.807, 2.05) is 31.4 Å². The fraction of sp³-hybridized carbons (Fsp3) is 0.435. The molecular weight excluding hydrogens is 405 g/mol. The number of halogens is 1. The molecule has 2 aromatic rings. The van der Waals surface area contributed by atoms with E-state index in [9.17, 15) is 14.3 Å². The number of amides is 1. The van der Waals surface area contributed by atoms with E-state index in [1.54, 1.807) is 23.5 Å². The molecule has 1 aromatic heterocycles. The van der Waals surface area contributed by atoms with E-state index in [4.69, 9.17) is 9.47 Å². The van der Waals surface area contributed by atoms with Crippen molar-refractivity contribution < 1.29 is 23.8 Å². The minimum atomic E-state index is -0.571. The quantitative estimate of drug-likeness (QED) is 0.610. The summed E-state index contributed by atoms with van der Waals surface area (Å²) >= 11 is 1.60. The van der Waals surface area contributed by atoms with Gasteiger partial charge in [-0.1, -0.05) is 12.1 Å². The van der Waals surface area contributed by atoms with Crippen LogP contribution in [0.4, 0.5) is 4.39 Å². The lowest BCUT2D eigenvalue weighted by Gasteiger charge is -2.36. The van der Waals surface area contributed by atoms with E-state index in [-0.39, 0.29) is 42.0 Å². The molecule has 2 heterocycles. The molecule has 0 saturated carbocycles. The predicted octanol–water partition coefficient (Wildman–Crippen LogP) is 4.51. The Morgan fingerprint density at radius 2 is 2.10 bits per heavy atom. The number of nitrogens with one attached hydrogen (secondary N) is 1. The van der Waals surface area contributed by atoms with Crippen molar-refractivity contribution in [2.24, 2.45) is 5.92 Å². The third-order valence-corrected chi connectivity index (χ3v) is 5.98. The van der Waals surface area contributed by atoms with Crippen LogP contribution in [0.15, 0.2) is 52.9 Å². The summed E-state index contributed by atoms with van der Waals surface area (Å²) in [6.07, 6.45) is 2.64. The third-order valence-electron chi connectivity index (χ3n) is 5.28. The smallest absolute Gasteiger partial charge is 0.286 e. The first-order valence-corrected chi connectivity index (χ1v) is 11.2. The second-order valence-electron chi connectivity index (χ2n) is 7.33. The third kappa shape index (κ3) is 5.47. The Morgan fingerprint density at radius 1 is 1.33 bits per heavy atom. The number of hydrogen-bond donors (Lipinski definition) is 2. The first-order valence-electron chi connectivity index (χ1n) is 10.2. The van der Waals surface area contributed by atoms with Gasteiger partial charge in [0.15, 0.2) is 5.76 Å². The number of hydrogen-bond acceptors (Lipinski definition) is 5. The Labute approximate surface area is 180 Å². The Balaban J connectivity index is 1.82. The predicted molar refractivity (Wildman–Crippen MR) is 114 cm³/mol. The molecule has 1 aromatic carbocycles. The zero-order valence-corrected chi connectivity index (χ0v) is 18.0. The largest absolute Gasteiger partial charge is 0.459 e. The van der Waals surface area contributed by atoms with Gasteiger partial charge in [-0.3, -0.25) is 4.79 Å². The van der Waals surface area contributed by atoms with Crippen molar-refractivity contribution in [1.82, 2.24) is 5.32 Å². The fourth-order valence-corrected chi connectivity index (χ4v) is 4.42. The number of thiophene rings is 1. The molecule has 3 rings (SSSR count). The lowest BCUT2D eigenvalue weighted by Crippen LogP contribution is -2.39. The number of aliphatic hydroxyl groups is 1. The molecule has 0 bridgehead atoms. The molecule has 1 aliphatic heterocycles. The van der Waals surface area contributed by atoms with E-state index >= 15 is 0 Å². The van der Waals surface area contributed by atoms with Crippen LogP contribution in [0.1, 0.15) is 49.8 Å². The van der Waals surface area contributed by atoms with Crippen LogP contribution >= 0.6 is 11.3 Å². The van der Waals surface area contributed by atoms with E-state index in [2.05, 4.69) is 10.7 Å². The second-order valence-corrected chi connectivity index (χ2v) is 8.11. The monoisotopic (exact) mass is 433 g/mol. The van der Waals surface area contributed by atoms with Crippen molar-refractivity contribution >= 4 is 17.2 Å². The summed E-state index contributed by atoms with van der Waals surface area (Å²) in [5.41, 5.74) is 1.91. The average Bonchev–Trinajstić information content (AvgIpc) is 3.27. The average molecular weight is 434 g/mol. The van der Waals surface area contributed by atoms with Crippen LogP contribution in [0.5, 0.6) is 0 Å². The van der Waals surface area contributed by atoms with Gasteiger partial charge in [-0.25, -0.2) is 4.39 Å². The van der Waals surface area contributed by atoms with Crippen LogP contribution in [-0.2, 0) is 14.3 Å². The summed E-state index contributed by atoms with van der Waals surface area (Å²) in [5, 5.41) is 16.3. The second kappa shape index (κ2) is 10.7. The molecule has 0 saturated heterocycles. The van der Waals surface area contributed by atoms with Gasteiger partial charge in [0.2, 0.25) is 6.29 Å². The summed E-state index contributed by atoms with van der Waals surface area (Å²) in [4.78, 5) is 13.0. The SMILES string of the molecule is CCO[C@H]1OC(C(=O)N[C@H](C)c2ccc(F)cc2)=C[C@@H](c2ccsc2)[C@H]1CCCO. The molecule has 162 valence electrons. The van der Waals surface area contributed by atoms with Crippen LogP contribution < -0.4 is 5.32 Å². The number of carbonyl (C=O) groups excluding carboxylic acids is 1. The van der Waals surface area contributed by atoms with Crippen LogP contribution in [-0.4, -0.2) is 30.5 Å². The van der Waals surface area contributed by atoms with Crippen molar-refractivity contribution in [2.75, 3.05) is 13.2 Å². The normalized spacial score (nSPS) is 22.1. The molecule has 1 amide bonds. The van der Waals surface area contributed by atoms with Gasteiger partial charge in [0.1, 0.15) is 5.82 Å². The van der Waals surface area contributed by atoms with E-state index in [0.717, 1.165) is 17.5 Å². The first-order chi connectivity index (χ1) is 14.5. The van der Waals surface area contributed by atoms with Crippen molar-refractivity contribution in [2.45, 2.75) is 44.9 Å². The zero-order chi connectivity index (χ0) is 21.5. The molecular formula is C23H28FNO4S. The number of aliphatic hydroxyl groups excluding tert-OH is 1. The van der Waals surface area contributed by atoms with Crippen molar-refractivity contribution in [1.29, 1.82) is 0 Å². The Hall–Kier alpha value is -2.22. The summed E-state index contributed by atoms with van der Waals surface area (Å²) in [5.74, 6) is -0.480. The highest BCUT2D eigenvalue weighted by Crippen LogP contribution is 2.40. The molecule has 0 aliphatic carbocycles. The van der Waals surface area contributed by atoms with Gasteiger partial charge in [-0.2, -0.15) is 11.3 Å². The minimum absolute atomic E-state index is 0.00206. The van der Waals surface area contributed by atoms with Crippen LogP contribution in [0, 0.1) is 11.7 Å². The van der Waals surface area contributed by atoms with E-state index < -0.39 is 6.29 Å². The minimum Gasteiger partial charge on any atom is -0.459 e. The highest BCUT2D eigenvalue weighted by Gasteiger charge is 2.38. The van der Waals surface area contributed by atoms with Crippen LogP contribution in [0.2, 0.25) is 0 Å². The van der Waals surface area contributed by atoms with Gasteiger partial charge < -0.3 is 19.9 Å². The van der Waals surface area contributed by atoms with Crippen molar-refractivity contribution in [3.63, 3.8) is 0 Å². The first kappa shape index (κ1) is 22.5. The number of rotatable bonds is 9. The highest BCUT2D eigenvalue weighted by atomic mass is 32.1. The number of ether oxygens (including phenoxy) is 2. The van der Waals surface area contributed by atoms with Crippen molar-refractivity contribution in [3.05, 3.63) is 69.9 Å². The molecule has 4 atom stereocenters. The summed E-state index contributed by atoms with van der Waals surface area (Å²) in [7, 11) is 0. The molecule has 0 spiro atoms. The van der Waals surface area contributed by atoms with Gasteiger partial charge in [0.25, 0.3) is 5.91 Å². The van der Waals surface area contributed by atoms with Gasteiger partial charge in [0, 0.05) is 25.0 Å². The number of allylic oxidation sites excluding steroid dienone is 1. The van der Waals surface area contributed by atoms with Crippen LogP contribution in [0.25, 0.3) is 0 Å². The van der Waals surface area contributed by atoms with Crippen LogP contribution in [0.3, 0.4) is 0 Å². The molecule has 0 fully saturated rings.